The molecule has 128 valence electrons. The SMILES string of the molecule is COCC(=O)Nc1ccc(S(=O)(=O)N2[C@H](C)CCC[C@@H]2C)cc1. The van der Waals surface area contributed by atoms with Crippen molar-refractivity contribution in [1.82, 2.24) is 4.31 Å². The van der Waals surface area contributed by atoms with Gasteiger partial charge in [0.05, 0.1) is 4.90 Å². The largest absolute Gasteiger partial charge is 0.375 e. The molecule has 0 aliphatic carbocycles. The molecular weight excluding hydrogens is 316 g/mol. The maximum atomic E-state index is 12.9. The number of carbonyl (C=O) groups is 1. The quantitative estimate of drug-likeness (QED) is 0.892. The minimum absolute atomic E-state index is 0.00447. The molecule has 1 heterocycles. The van der Waals surface area contributed by atoms with Gasteiger partial charge in [-0.25, -0.2) is 8.42 Å². The number of rotatable bonds is 5. The minimum Gasteiger partial charge on any atom is -0.375 e. The Balaban J connectivity index is 2.18. The first-order chi connectivity index (χ1) is 10.9. The van der Waals surface area contributed by atoms with E-state index < -0.39 is 10.0 Å². The summed E-state index contributed by atoms with van der Waals surface area (Å²) in [6.45, 7) is 3.86. The predicted octanol–water partition coefficient (Wildman–Crippen LogP) is 2.22. The molecule has 0 bridgehead atoms. The first-order valence-electron chi connectivity index (χ1n) is 7.78. The van der Waals surface area contributed by atoms with Crippen LogP contribution in [-0.4, -0.2) is 44.4 Å². The van der Waals surface area contributed by atoms with Crippen LogP contribution in [0.15, 0.2) is 29.2 Å². The van der Waals surface area contributed by atoms with E-state index in [1.807, 2.05) is 13.8 Å². The molecule has 1 saturated heterocycles. The first kappa shape index (κ1) is 17.9. The first-order valence-corrected chi connectivity index (χ1v) is 9.22. The summed E-state index contributed by atoms with van der Waals surface area (Å²) in [5, 5.41) is 2.65. The molecule has 1 aliphatic rings. The molecule has 6 nitrogen and oxygen atoms in total. The van der Waals surface area contributed by atoms with Gasteiger partial charge in [0.15, 0.2) is 0 Å². The Morgan fingerprint density at radius 1 is 1.22 bits per heavy atom. The average molecular weight is 340 g/mol. The fourth-order valence-electron chi connectivity index (χ4n) is 3.03. The molecule has 0 saturated carbocycles. The number of nitrogens with one attached hydrogen (secondary N) is 1. The van der Waals surface area contributed by atoms with E-state index in [2.05, 4.69) is 5.32 Å². The minimum atomic E-state index is -3.52. The van der Waals surface area contributed by atoms with Gasteiger partial charge in [-0.15, -0.1) is 0 Å². The zero-order chi connectivity index (χ0) is 17.0. The molecule has 0 spiro atoms. The van der Waals surface area contributed by atoms with Gasteiger partial charge in [0.1, 0.15) is 6.61 Å². The number of piperidine rings is 1. The molecule has 0 radical (unpaired) electrons. The van der Waals surface area contributed by atoms with Crippen molar-refractivity contribution in [3.8, 4) is 0 Å². The second kappa shape index (κ2) is 7.42. The van der Waals surface area contributed by atoms with Crippen molar-refractivity contribution < 1.29 is 17.9 Å². The van der Waals surface area contributed by atoms with E-state index in [9.17, 15) is 13.2 Å². The Morgan fingerprint density at radius 2 is 1.78 bits per heavy atom. The molecule has 0 aromatic heterocycles. The summed E-state index contributed by atoms with van der Waals surface area (Å²) in [5.74, 6) is -0.276. The lowest BCUT2D eigenvalue weighted by Crippen LogP contribution is -2.47. The third-order valence-electron chi connectivity index (χ3n) is 4.10. The summed E-state index contributed by atoms with van der Waals surface area (Å²) in [6, 6.07) is 6.27. The van der Waals surface area contributed by atoms with E-state index in [4.69, 9.17) is 4.74 Å². The molecule has 1 aromatic rings. The van der Waals surface area contributed by atoms with Gasteiger partial charge in [0.2, 0.25) is 15.9 Å². The standard InChI is InChI=1S/C16H24N2O4S/c1-12-5-4-6-13(2)18(12)23(20,21)15-9-7-14(8-10-15)17-16(19)11-22-3/h7-10,12-13H,4-6,11H2,1-3H3,(H,17,19)/t12-,13+. The van der Waals surface area contributed by atoms with Crippen molar-refractivity contribution in [3.63, 3.8) is 0 Å². The van der Waals surface area contributed by atoms with Gasteiger partial charge in [-0.2, -0.15) is 4.31 Å². The van der Waals surface area contributed by atoms with E-state index in [0.29, 0.717) is 5.69 Å². The Hall–Kier alpha value is -1.44. The van der Waals surface area contributed by atoms with Crippen LogP contribution in [0, 0.1) is 0 Å². The van der Waals surface area contributed by atoms with E-state index in [0.717, 1.165) is 19.3 Å². The number of ether oxygens (including phenoxy) is 1. The molecule has 2 rings (SSSR count). The van der Waals surface area contributed by atoms with Crippen molar-refractivity contribution in [2.45, 2.75) is 50.1 Å². The predicted molar refractivity (Wildman–Crippen MR) is 88.7 cm³/mol. The average Bonchev–Trinajstić information content (AvgIpc) is 2.47. The molecule has 1 aromatic carbocycles. The number of sulfonamides is 1. The van der Waals surface area contributed by atoms with Crippen LogP contribution in [0.3, 0.4) is 0 Å². The Bertz CT molecular complexity index is 633. The van der Waals surface area contributed by atoms with Crippen LogP contribution in [0.5, 0.6) is 0 Å². The molecule has 1 amide bonds. The number of hydrogen-bond donors (Lipinski definition) is 1. The number of carbonyl (C=O) groups excluding carboxylic acids is 1. The van der Waals surface area contributed by atoms with Gasteiger partial charge in [-0.3, -0.25) is 4.79 Å². The van der Waals surface area contributed by atoms with Crippen molar-refractivity contribution in [2.75, 3.05) is 19.0 Å². The molecule has 1 N–H and O–H groups in total. The van der Waals surface area contributed by atoms with Crippen LogP contribution < -0.4 is 5.32 Å². The second-order valence-electron chi connectivity index (χ2n) is 5.97. The summed E-state index contributed by atoms with van der Waals surface area (Å²) in [5.41, 5.74) is 0.547. The van der Waals surface area contributed by atoms with Crippen LogP contribution in [0.25, 0.3) is 0 Å². The highest BCUT2D eigenvalue weighted by atomic mass is 32.2. The van der Waals surface area contributed by atoms with Gasteiger partial charge in [-0.05, 0) is 51.0 Å². The van der Waals surface area contributed by atoms with Gasteiger partial charge in [0, 0.05) is 24.9 Å². The molecule has 1 aliphatic heterocycles. The Labute approximate surface area is 137 Å². The number of benzene rings is 1. The number of amides is 1. The van der Waals surface area contributed by atoms with Gasteiger partial charge in [-0.1, -0.05) is 6.42 Å². The molecule has 2 atom stereocenters. The lowest BCUT2D eigenvalue weighted by atomic mass is 10.0. The highest BCUT2D eigenvalue weighted by Crippen LogP contribution is 2.29. The summed E-state index contributed by atoms with van der Waals surface area (Å²) >= 11 is 0. The number of methoxy groups -OCH3 is 1. The van der Waals surface area contributed by atoms with E-state index in [1.165, 1.54) is 19.2 Å². The van der Waals surface area contributed by atoms with Gasteiger partial charge >= 0.3 is 0 Å². The maximum absolute atomic E-state index is 12.9. The topological polar surface area (TPSA) is 75.7 Å². The van der Waals surface area contributed by atoms with E-state index in [1.54, 1.807) is 16.4 Å². The molecule has 1 fully saturated rings. The van der Waals surface area contributed by atoms with Crippen LogP contribution in [0.4, 0.5) is 5.69 Å². The van der Waals surface area contributed by atoms with Crippen molar-refractivity contribution >= 4 is 21.6 Å². The smallest absolute Gasteiger partial charge is 0.250 e. The number of nitrogens with zero attached hydrogens (tertiary/aromatic N) is 1. The monoisotopic (exact) mass is 340 g/mol. The molecule has 7 heteroatoms. The van der Waals surface area contributed by atoms with Crippen molar-refractivity contribution in [1.29, 1.82) is 0 Å². The third-order valence-corrected chi connectivity index (χ3v) is 6.24. The zero-order valence-corrected chi connectivity index (χ0v) is 14.6. The summed E-state index contributed by atoms with van der Waals surface area (Å²) in [7, 11) is -2.08. The fourth-order valence-corrected chi connectivity index (χ4v) is 4.91. The molecule has 0 unspecified atom stereocenters. The summed E-state index contributed by atoms with van der Waals surface area (Å²) in [4.78, 5) is 11.7. The number of hydrogen-bond acceptors (Lipinski definition) is 4. The van der Waals surface area contributed by atoms with E-state index in [-0.39, 0.29) is 29.5 Å². The Morgan fingerprint density at radius 3 is 2.30 bits per heavy atom. The zero-order valence-electron chi connectivity index (χ0n) is 13.8. The van der Waals surface area contributed by atoms with Crippen molar-refractivity contribution in [2.24, 2.45) is 0 Å². The van der Waals surface area contributed by atoms with Crippen LogP contribution in [0.1, 0.15) is 33.1 Å². The number of anilines is 1. The summed E-state index contributed by atoms with van der Waals surface area (Å²) in [6.07, 6.45) is 2.82. The normalized spacial score (nSPS) is 22.7. The highest BCUT2D eigenvalue weighted by Gasteiger charge is 2.35. The Kier molecular flexibility index (Phi) is 5.78. The fraction of sp³-hybridized carbons (Fsp3) is 0.562. The molecule has 23 heavy (non-hydrogen) atoms. The van der Waals surface area contributed by atoms with E-state index >= 15 is 0 Å². The van der Waals surface area contributed by atoms with Crippen LogP contribution >= 0.6 is 0 Å². The summed E-state index contributed by atoms with van der Waals surface area (Å²) < 4.78 is 32.1. The lowest BCUT2D eigenvalue weighted by molar-refractivity contribution is -0.119. The van der Waals surface area contributed by atoms with Crippen LogP contribution in [-0.2, 0) is 19.6 Å². The van der Waals surface area contributed by atoms with Gasteiger partial charge in [0.25, 0.3) is 0 Å². The third kappa shape index (κ3) is 4.10. The van der Waals surface area contributed by atoms with Gasteiger partial charge < -0.3 is 10.1 Å². The highest BCUT2D eigenvalue weighted by molar-refractivity contribution is 7.89. The molecular formula is C16H24N2O4S. The van der Waals surface area contributed by atoms with Crippen molar-refractivity contribution in [3.05, 3.63) is 24.3 Å². The maximum Gasteiger partial charge on any atom is 0.250 e. The van der Waals surface area contributed by atoms with Crippen LogP contribution in [0.2, 0.25) is 0 Å². The lowest BCUT2D eigenvalue weighted by Gasteiger charge is -2.37. The second-order valence-corrected chi connectivity index (χ2v) is 7.81.